The SMILES string of the molecule is COc1cc(CN(CC(C)C)C2CCNCC2)cc(OC)c1.O=C(O)C=CC(=O)O. The first-order chi connectivity index (χ1) is 14.2. The molecule has 0 aliphatic carbocycles. The van der Waals surface area contributed by atoms with E-state index in [4.69, 9.17) is 19.7 Å². The van der Waals surface area contributed by atoms with Crippen molar-refractivity contribution in [2.75, 3.05) is 33.9 Å². The Morgan fingerprint density at radius 1 is 1.07 bits per heavy atom. The van der Waals surface area contributed by atoms with Gasteiger partial charge in [-0.25, -0.2) is 9.59 Å². The highest BCUT2D eigenvalue weighted by Gasteiger charge is 2.22. The minimum atomic E-state index is -1.26. The lowest BCUT2D eigenvalue weighted by Crippen LogP contribution is -2.44. The average molecular weight is 423 g/mol. The number of carbonyl (C=O) groups is 2. The highest BCUT2D eigenvalue weighted by Crippen LogP contribution is 2.25. The average Bonchev–Trinajstić information content (AvgIpc) is 2.72. The molecule has 0 aromatic heterocycles. The van der Waals surface area contributed by atoms with Gasteiger partial charge >= 0.3 is 11.9 Å². The van der Waals surface area contributed by atoms with Gasteiger partial charge in [0.15, 0.2) is 0 Å². The number of nitrogens with zero attached hydrogens (tertiary/aromatic N) is 1. The van der Waals surface area contributed by atoms with Crippen molar-refractivity contribution in [1.82, 2.24) is 10.2 Å². The van der Waals surface area contributed by atoms with Crippen LogP contribution >= 0.6 is 0 Å². The Bertz CT molecular complexity index is 661. The fourth-order valence-electron chi connectivity index (χ4n) is 3.32. The van der Waals surface area contributed by atoms with Gasteiger partial charge in [-0.1, -0.05) is 13.8 Å². The highest BCUT2D eigenvalue weighted by atomic mass is 16.5. The van der Waals surface area contributed by atoms with Crippen LogP contribution in [0, 0.1) is 5.92 Å². The van der Waals surface area contributed by atoms with E-state index in [1.807, 2.05) is 6.07 Å². The number of nitrogens with one attached hydrogen (secondary N) is 1. The number of piperidine rings is 1. The first-order valence-corrected chi connectivity index (χ1v) is 10.1. The van der Waals surface area contributed by atoms with Crippen molar-refractivity contribution in [1.29, 1.82) is 0 Å². The van der Waals surface area contributed by atoms with E-state index < -0.39 is 11.9 Å². The third-order valence-corrected chi connectivity index (χ3v) is 4.59. The quantitative estimate of drug-likeness (QED) is 0.521. The first-order valence-electron chi connectivity index (χ1n) is 10.1. The Labute approximate surface area is 178 Å². The van der Waals surface area contributed by atoms with Gasteiger partial charge in [-0.2, -0.15) is 0 Å². The second-order valence-electron chi connectivity index (χ2n) is 7.54. The number of hydrogen-bond donors (Lipinski definition) is 3. The lowest BCUT2D eigenvalue weighted by atomic mass is 10.0. The maximum atomic E-state index is 9.55. The van der Waals surface area contributed by atoms with Crippen LogP contribution in [0.4, 0.5) is 0 Å². The van der Waals surface area contributed by atoms with Gasteiger partial charge < -0.3 is 25.0 Å². The van der Waals surface area contributed by atoms with Crippen molar-refractivity contribution in [3.05, 3.63) is 35.9 Å². The molecule has 0 unspecified atom stereocenters. The summed E-state index contributed by atoms with van der Waals surface area (Å²) in [5.74, 6) is -0.115. The molecule has 0 saturated carbocycles. The molecule has 0 bridgehead atoms. The molecule has 1 saturated heterocycles. The van der Waals surface area contributed by atoms with Crippen LogP contribution in [-0.4, -0.2) is 66.9 Å². The summed E-state index contributed by atoms with van der Waals surface area (Å²) in [5, 5.41) is 19.1. The number of rotatable bonds is 9. The molecule has 1 fully saturated rings. The van der Waals surface area contributed by atoms with E-state index in [1.54, 1.807) is 14.2 Å². The van der Waals surface area contributed by atoms with Gasteiger partial charge in [-0.15, -0.1) is 0 Å². The van der Waals surface area contributed by atoms with E-state index in [1.165, 1.54) is 18.4 Å². The molecule has 0 amide bonds. The zero-order valence-electron chi connectivity index (χ0n) is 18.3. The molecule has 1 aromatic rings. The summed E-state index contributed by atoms with van der Waals surface area (Å²) in [6.45, 7) is 8.92. The number of carboxylic acid groups (broad SMARTS) is 2. The molecule has 1 aliphatic rings. The van der Waals surface area contributed by atoms with Crippen molar-refractivity contribution in [2.45, 2.75) is 39.3 Å². The number of hydrogen-bond acceptors (Lipinski definition) is 6. The standard InChI is InChI=1S/C18H30N2O2.C4H4O4/c1-14(2)12-20(16-5-7-19-8-6-16)13-15-9-17(21-3)11-18(10-15)22-4;5-3(6)1-2-4(7)8/h9-11,14,16,19H,5-8,12-13H2,1-4H3;1-2H,(H,5,6)(H,7,8). The maximum Gasteiger partial charge on any atom is 0.328 e. The fraction of sp³-hybridized carbons (Fsp3) is 0.545. The van der Waals surface area contributed by atoms with Crippen LogP contribution in [0.5, 0.6) is 11.5 Å². The number of benzene rings is 1. The molecule has 2 rings (SSSR count). The molecule has 3 N–H and O–H groups in total. The number of ether oxygens (including phenoxy) is 2. The van der Waals surface area contributed by atoms with Crippen LogP contribution in [0.2, 0.25) is 0 Å². The second-order valence-corrected chi connectivity index (χ2v) is 7.54. The zero-order valence-corrected chi connectivity index (χ0v) is 18.3. The van der Waals surface area contributed by atoms with Crippen LogP contribution < -0.4 is 14.8 Å². The van der Waals surface area contributed by atoms with Crippen LogP contribution in [-0.2, 0) is 16.1 Å². The molecule has 0 spiro atoms. The summed E-state index contributed by atoms with van der Waals surface area (Å²) in [4.78, 5) is 21.7. The van der Waals surface area contributed by atoms with E-state index in [2.05, 4.69) is 36.2 Å². The Morgan fingerprint density at radius 2 is 1.57 bits per heavy atom. The van der Waals surface area contributed by atoms with Crippen LogP contribution in [0.15, 0.2) is 30.4 Å². The molecule has 8 heteroatoms. The van der Waals surface area contributed by atoms with E-state index in [9.17, 15) is 9.59 Å². The minimum absolute atomic E-state index is 0.558. The largest absolute Gasteiger partial charge is 0.497 e. The summed E-state index contributed by atoms with van der Waals surface area (Å²) < 4.78 is 10.8. The molecule has 1 heterocycles. The molecular weight excluding hydrogens is 388 g/mol. The predicted molar refractivity (Wildman–Crippen MR) is 115 cm³/mol. The lowest BCUT2D eigenvalue weighted by molar-refractivity contribution is -0.134. The van der Waals surface area contributed by atoms with E-state index >= 15 is 0 Å². The number of carboxylic acids is 2. The highest BCUT2D eigenvalue weighted by molar-refractivity contribution is 5.89. The van der Waals surface area contributed by atoms with Crippen LogP contribution in [0.25, 0.3) is 0 Å². The Morgan fingerprint density at radius 3 is 1.97 bits per heavy atom. The number of methoxy groups -OCH3 is 2. The summed E-state index contributed by atoms with van der Waals surface area (Å²) >= 11 is 0. The van der Waals surface area contributed by atoms with E-state index in [0.717, 1.165) is 37.7 Å². The van der Waals surface area contributed by atoms with Crippen molar-refractivity contribution in [3.8, 4) is 11.5 Å². The summed E-state index contributed by atoms with van der Waals surface area (Å²) in [7, 11) is 3.41. The van der Waals surface area contributed by atoms with Gasteiger partial charge in [0.1, 0.15) is 11.5 Å². The normalized spacial score (nSPS) is 14.5. The van der Waals surface area contributed by atoms with Crippen molar-refractivity contribution in [2.24, 2.45) is 5.92 Å². The maximum absolute atomic E-state index is 9.55. The molecule has 168 valence electrons. The van der Waals surface area contributed by atoms with Crippen LogP contribution in [0.1, 0.15) is 32.3 Å². The van der Waals surface area contributed by atoms with Gasteiger partial charge in [0.05, 0.1) is 14.2 Å². The Hall–Kier alpha value is -2.58. The fourth-order valence-corrected chi connectivity index (χ4v) is 3.32. The molecule has 0 atom stereocenters. The Balaban J connectivity index is 0.000000479. The predicted octanol–water partition coefficient (Wildman–Crippen LogP) is 2.63. The van der Waals surface area contributed by atoms with E-state index in [-0.39, 0.29) is 0 Å². The Kier molecular flexibility index (Phi) is 11.5. The molecule has 1 aliphatic heterocycles. The number of aliphatic carboxylic acids is 2. The van der Waals surface area contributed by atoms with Crippen molar-refractivity contribution in [3.63, 3.8) is 0 Å². The van der Waals surface area contributed by atoms with E-state index in [0.29, 0.717) is 24.1 Å². The molecule has 30 heavy (non-hydrogen) atoms. The topological polar surface area (TPSA) is 108 Å². The van der Waals surface area contributed by atoms with Gasteiger partial charge in [0.25, 0.3) is 0 Å². The molecule has 8 nitrogen and oxygen atoms in total. The van der Waals surface area contributed by atoms with Gasteiger partial charge in [0.2, 0.25) is 0 Å². The smallest absolute Gasteiger partial charge is 0.328 e. The molecule has 0 radical (unpaired) electrons. The van der Waals surface area contributed by atoms with Gasteiger partial charge in [-0.05, 0) is 49.5 Å². The summed E-state index contributed by atoms with van der Waals surface area (Å²) in [6.07, 6.45) is 3.58. The third kappa shape index (κ3) is 10.3. The molecular formula is C22H34N2O6. The zero-order chi connectivity index (χ0) is 22.5. The monoisotopic (exact) mass is 422 g/mol. The first kappa shape index (κ1) is 25.5. The summed E-state index contributed by atoms with van der Waals surface area (Å²) in [5.41, 5.74) is 1.26. The van der Waals surface area contributed by atoms with Crippen molar-refractivity contribution < 1.29 is 29.3 Å². The van der Waals surface area contributed by atoms with Crippen LogP contribution in [0.3, 0.4) is 0 Å². The van der Waals surface area contributed by atoms with Crippen molar-refractivity contribution >= 4 is 11.9 Å². The van der Waals surface area contributed by atoms with Gasteiger partial charge in [0, 0.05) is 37.3 Å². The molecule has 1 aromatic carbocycles. The summed E-state index contributed by atoms with van der Waals surface area (Å²) in [6, 6.07) is 6.84. The minimum Gasteiger partial charge on any atom is -0.497 e. The van der Waals surface area contributed by atoms with Gasteiger partial charge in [-0.3, -0.25) is 4.90 Å². The lowest BCUT2D eigenvalue weighted by Gasteiger charge is -2.36. The third-order valence-electron chi connectivity index (χ3n) is 4.59. The second kappa shape index (κ2) is 13.6.